The van der Waals surface area contributed by atoms with Crippen LogP contribution in [0.1, 0.15) is 119 Å². The molecule has 0 aromatic heterocycles. The van der Waals surface area contributed by atoms with Crippen molar-refractivity contribution in [3.63, 3.8) is 0 Å². The van der Waals surface area contributed by atoms with Crippen LogP contribution in [-0.4, -0.2) is 28.2 Å². The first-order valence-corrected chi connectivity index (χ1v) is 25.3. The lowest BCUT2D eigenvalue weighted by Crippen LogP contribution is -2.75. The largest absolute Gasteiger partial charge is 0.416 e. The van der Waals surface area contributed by atoms with Gasteiger partial charge in [0.05, 0.1) is 44.5 Å². The second-order valence-corrected chi connectivity index (χ2v) is 21.7. The van der Waals surface area contributed by atoms with Crippen LogP contribution in [0.2, 0.25) is 0 Å². The van der Waals surface area contributed by atoms with Crippen LogP contribution in [0, 0.1) is 0 Å². The van der Waals surface area contributed by atoms with Crippen molar-refractivity contribution in [3.05, 3.63) is 153 Å². The Balaban J connectivity index is 0.000000378. The van der Waals surface area contributed by atoms with Crippen molar-refractivity contribution in [1.29, 1.82) is 0 Å². The number of halogens is 24. The molecule has 0 bridgehead atoms. The van der Waals surface area contributed by atoms with Gasteiger partial charge < -0.3 is 0 Å². The SMILES string of the molecule is FC(F)(F)c1cc([B-](c2cc(C(F)(F)F)cc(C(F)(F)F)c2)(c2cc(C(F)(F)F)cc(C(F)(F)F)c2)c2cc(C(F)(F)F)cc(C(F)(F)F)c2)cc(C(F)(F)F)c1.O=C(C[S+](C1CCCCC1)C1CCCCC1)c1ccccc1. The van der Waals surface area contributed by atoms with Crippen LogP contribution in [0.25, 0.3) is 0 Å². The van der Waals surface area contributed by atoms with Crippen molar-refractivity contribution < 1.29 is 110 Å². The maximum Gasteiger partial charge on any atom is 0.416 e. The number of rotatable bonds is 9. The minimum atomic E-state index is -6.13. The third kappa shape index (κ3) is 15.1. The molecule has 432 valence electrons. The lowest BCUT2D eigenvalue weighted by Gasteiger charge is -2.46. The zero-order valence-corrected chi connectivity index (χ0v) is 41.0. The van der Waals surface area contributed by atoms with E-state index >= 15 is 0 Å². The molecule has 0 radical (unpaired) electrons. The Kier molecular flexibility index (Phi) is 18.1. The van der Waals surface area contributed by atoms with E-state index in [-0.39, 0.29) is 0 Å². The Morgan fingerprint density at radius 1 is 0.342 bits per heavy atom. The summed E-state index contributed by atoms with van der Waals surface area (Å²) in [5.41, 5.74) is -29.3. The Hall–Kier alpha value is -5.50. The number of alkyl halides is 24. The molecule has 0 saturated heterocycles. The molecule has 5 aromatic rings. The zero-order valence-electron chi connectivity index (χ0n) is 40.2. The highest BCUT2D eigenvalue weighted by Crippen LogP contribution is 2.42. The molecule has 0 atom stereocenters. The van der Waals surface area contributed by atoms with Crippen LogP contribution in [-0.2, 0) is 60.3 Å². The van der Waals surface area contributed by atoms with Crippen molar-refractivity contribution >= 4 is 44.7 Å². The van der Waals surface area contributed by atoms with Gasteiger partial charge in [-0.05, 0) is 75.6 Å². The maximum atomic E-state index is 14.2. The van der Waals surface area contributed by atoms with E-state index in [2.05, 4.69) is 0 Å². The van der Waals surface area contributed by atoms with Gasteiger partial charge in [0, 0.05) is 16.5 Å². The molecular weight excluding hydrogens is 1140 g/mol. The summed E-state index contributed by atoms with van der Waals surface area (Å²) in [5, 5.41) is 1.68. The van der Waals surface area contributed by atoms with Crippen molar-refractivity contribution in [2.24, 2.45) is 0 Å². The molecule has 5 aromatic carbocycles. The van der Waals surface area contributed by atoms with Gasteiger partial charge in [-0.15, -0.1) is 0 Å². The van der Waals surface area contributed by atoms with Crippen molar-refractivity contribution in [1.82, 2.24) is 0 Å². The number of Topliss-reactive ketones (excluding diaryl/α,β-unsaturated/α-hetero) is 1. The van der Waals surface area contributed by atoms with E-state index in [1.807, 2.05) is 30.3 Å². The highest BCUT2D eigenvalue weighted by molar-refractivity contribution is 7.98. The van der Waals surface area contributed by atoms with Gasteiger partial charge in [0.15, 0.2) is 5.75 Å². The fourth-order valence-electron chi connectivity index (χ4n) is 10.2. The van der Waals surface area contributed by atoms with E-state index in [0.717, 1.165) is 21.8 Å². The molecule has 2 saturated carbocycles. The van der Waals surface area contributed by atoms with E-state index in [4.69, 9.17) is 0 Å². The van der Waals surface area contributed by atoms with Crippen LogP contribution < -0.4 is 21.9 Å². The number of ketones is 1. The molecule has 0 aliphatic heterocycles. The van der Waals surface area contributed by atoms with Crippen LogP contribution in [0.3, 0.4) is 0 Å². The lowest BCUT2D eigenvalue weighted by molar-refractivity contribution is -0.144. The summed E-state index contributed by atoms with van der Waals surface area (Å²) in [5.74, 6) is 1.21. The third-order valence-corrected chi connectivity index (χ3v) is 17.0. The topological polar surface area (TPSA) is 17.1 Å². The molecular formula is C52H41BF24OS. The average molecular weight is 1180 g/mol. The number of carbonyl (C=O) groups is 1. The Morgan fingerprint density at radius 3 is 0.759 bits per heavy atom. The van der Waals surface area contributed by atoms with Crippen molar-refractivity contribution in [2.75, 3.05) is 5.75 Å². The van der Waals surface area contributed by atoms with Crippen LogP contribution in [0.15, 0.2) is 103 Å². The van der Waals surface area contributed by atoms with E-state index < -0.39 is 195 Å². The quantitative estimate of drug-likeness (QED) is 0.0622. The van der Waals surface area contributed by atoms with E-state index in [1.54, 1.807) is 0 Å². The molecule has 0 heterocycles. The van der Waals surface area contributed by atoms with Gasteiger partial charge >= 0.3 is 49.4 Å². The highest BCUT2D eigenvalue weighted by Gasteiger charge is 2.48. The molecule has 0 N–H and O–H groups in total. The second kappa shape index (κ2) is 22.8. The summed E-state index contributed by atoms with van der Waals surface area (Å²) in [6.45, 7) is 0. The third-order valence-electron chi connectivity index (χ3n) is 13.8. The first kappa shape index (κ1) is 62.7. The van der Waals surface area contributed by atoms with Gasteiger partial charge in [-0.3, -0.25) is 4.79 Å². The average Bonchev–Trinajstić information content (AvgIpc) is 3.56. The number of benzene rings is 5. The summed E-state index contributed by atoms with van der Waals surface area (Å²) in [6.07, 6.45) is -40.9. The van der Waals surface area contributed by atoms with Gasteiger partial charge in [0.25, 0.3) is 0 Å². The first-order chi connectivity index (χ1) is 36.1. The number of carbonyl (C=O) groups excluding carboxylic acids is 1. The fourth-order valence-corrected chi connectivity index (χ4v) is 13.5. The summed E-state index contributed by atoms with van der Waals surface area (Å²) in [6, 6.07) is 1.16. The fraction of sp³-hybridized carbons (Fsp3) is 0.404. The lowest BCUT2D eigenvalue weighted by atomic mass is 9.12. The van der Waals surface area contributed by atoms with Crippen LogP contribution in [0.5, 0.6) is 0 Å². The van der Waals surface area contributed by atoms with E-state index in [0.29, 0.717) is 16.7 Å². The molecule has 0 unspecified atom stereocenters. The molecule has 7 rings (SSSR count). The monoisotopic (exact) mass is 1180 g/mol. The van der Waals surface area contributed by atoms with Gasteiger partial charge in [-0.25, -0.2) is 0 Å². The Bertz CT molecular complexity index is 2460. The molecule has 1 nitrogen and oxygen atoms in total. The molecule has 0 spiro atoms. The van der Waals surface area contributed by atoms with Crippen molar-refractivity contribution in [3.8, 4) is 0 Å². The van der Waals surface area contributed by atoms with Gasteiger partial charge in [0.2, 0.25) is 5.78 Å². The van der Waals surface area contributed by atoms with Gasteiger partial charge in [-0.1, -0.05) is 91.7 Å². The summed E-state index contributed by atoms with van der Waals surface area (Å²) >= 11 is 0. The molecule has 0 amide bonds. The maximum absolute atomic E-state index is 14.2. The van der Waals surface area contributed by atoms with Crippen molar-refractivity contribution in [2.45, 2.75) is 124 Å². The smallest absolute Gasteiger partial charge is 0.289 e. The Morgan fingerprint density at radius 2 is 0.557 bits per heavy atom. The highest BCUT2D eigenvalue weighted by atomic mass is 32.2. The molecule has 79 heavy (non-hydrogen) atoms. The number of hydrogen-bond acceptors (Lipinski definition) is 1. The number of hydrogen-bond donors (Lipinski definition) is 0. The van der Waals surface area contributed by atoms with Crippen LogP contribution in [0.4, 0.5) is 105 Å². The predicted octanol–water partition coefficient (Wildman–Crippen LogP) is 16.4. The molecule has 2 aliphatic rings. The molecule has 27 heteroatoms. The summed E-state index contributed by atoms with van der Waals surface area (Å²) < 4.78 is 341. The minimum Gasteiger partial charge on any atom is -0.289 e. The standard InChI is InChI=1S/C32H12BF24.C20H29OS/c34-25(35,36)13-1-14(26(37,38)39)6-21(5-13)33(22-7-15(27(40,41)42)2-16(8-22)28(43,44)45,23-9-17(29(46,47)48)3-18(10-23)30(49,50)51)24-11-19(31(52,53)54)4-20(12-24)32(55,56)57;21-20(17-10-4-1-5-11-17)16-22(18-12-6-2-7-13-18)19-14-8-3-9-15-19/h1-12H;1,4-5,10-11,18-19H,2-3,6-9,12-16H2/q-1;+1. The normalized spacial score (nSPS) is 16.2. The molecule has 2 aliphatic carbocycles. The van der Waals surface area contributed by atoms with E-state index in [9.17, 15) is 110 Å². The second-order valence-electron chi connectivity index (χ2n) is 19.1. The zero-order chi connectivity index (χ0) is 59.1. The van der Waals surface area contributed by atoms with Gasteiger partial charge in [0.1, 0.15) is 16.6 Å². The van der Waals surface area contributed by atoms with Crippen LogP contribution >= 0.6 is 0 Å². The Labute approximate surface area is 437 Å². The minimum absolute atomic E-state index is 0.323. The van der Waals surface area contributed by atoms with Gasteiger partial charge in [-0.2, -0.15) is 127 Å². The summed E-state index contributed by atoms with van der Waals surface area (Å²) in [4.78, 5) is 12.7. The summed E-state index contributed by atoms with van der Waals surface area (Å²) in [7, 11) is 0.323. The van der Waals surface area contributed by atoms with E-state index in [1.165, 1.54) is 64.2 Å². The predicted molar refractivity (Wildman–Crippen MR) is 247 cm³/mol. The first-order valence-electron chi connectivity index (χ1n) is 23.7. The molecule has 2 fully saturated rings.